The number of hydrogen-bond acceptors (Lipinski definition) is 1. The molecule has 158 valence electrons. The predicted octanol–water partition coefficient (Wildman–Crippen LogP) is 8.15. The Kier molecular flexibility index (Phi) is 7.63. The van der Waals surface area contributed by atoms with Crippen molar-refractivity contribution in [3.63, 3.8) is 0 Å². The van der Waals surface area contributed by atoms with Gasteiger partial charge in [0.15, 0.2) is 0 Å². The van der Waals surface area contributed by atoms with Crippen molar-refractivity contribution in [2.75, 3.05) is 6.61 Å². The molecule has 1 saturated carbocycles. The van der Waals surface area contributed by atoms with Crippen molar-refractivity contribution in [3.05, 3.63) is 54.1 Å². The summed E-state index contributed by atoms with van der Waals surface area (Å²) in [7, 11) is 0. The van der Waals surface area contributed by atoms with Crippen molar-refractivity contribution in [2.24, 2.45) is 5.92 Å². The second-order valence-corrected chi connectivity index (χ2v) is 8.22. The summed E-state index contributed by atoms with van der Waals surface area (Å²) < 4.78 is 41.9. The van der Waals surface area contributed by atoms with Crippen LogP contribution in [0.5, 0.6) is 5.75 Å². The van der Waals surface area contributed by atoms with E-state index in [0.717, 1.165) is 17.0 Å². The SMILES string of the molecule is CCCC1CCC(c2ccc(-c3ccc(OCCCC(F)(F)F)cc3)cc2)CC1. The fourth-order valence-corrected chi connectivity index (χ4v) is 4.35. The molecular weight excluding hydrogens is 373 g/mol. The largest absolute Gasteiger partial charge is 0.494 e. The van der Waals surface area contributed by atoms with Gasteiger partial charge in [0.05, 0.1) is 6.61 Å². The van der Waals surface area contributed by atoms with Crippen molar-refractivity contribution >= 4 is 0 Å². The van der Waals surface area contributed by atoms with E-state index in [4.69, 9.17) is 4.74 Å². The van der Waals surface area contributed by atoms with Crippen molar-refractivity contribution in [1.82, 2.24) is 0 Å². The van der Waals surface area contributed by atoms with Gasteiger partial charge in [-0.3, -0.25) is 0 Å². The van der Waals surface area contributed by atoms with E-state index in [9.17, 15) is 13.2 Å². The van der Waals surface area contributed by atoms with Crippen molar-refractivity contribution < 1.29 is 17.9 Å². The van der Waals surface area contributed by atoms with Gasteiger partial charge < -0.3 is 4.74 Å². The summed E-state index contributed by atoms with van der Waals surface area (Å²) in [6.45, 7) is 2.35. The molecular formula is C25H31F3O. The monoisotopic (exact) mass is 404 g/mol. The van der Waals surface area contributed by atoms with E-state index in [-0.39, 0.29) is 13.0 Å². The van der Waals surface area contributed by atoms with Gasteiger partial charge in [0, 0.05) is 6.42 Å². The molecule has 0 atom stereocenters. The van der Waals surface area contributed by atoms with Crippen LogP contribution in [-0.2, 0) is 0 Å². The third-order valence-electron chi connectivity index (χ3n) is 5.99. The summed E-state index contributed by atoms with van der Waals surface area (Å²) in [6.07, 6.45) is 3.01. The lowest BCUT2D eigenvalue weighted by molar-refractivity contribution is -0.136. The first-order chi connectivity index (χ1) is 13.9. The number of rotatable bonds is 8. The minimum atomic E-state index is -4.12. The first-order valence-electron chi connectivity index (χ1n) is 10.8. The van der Waals surface area contributed by atoms with E-state index in [1.807, 2.05) is 24.3 Å². The van der Waals surface area contributed by atoms with E-state index < -0.39 is 12.6 Å². The highest BCUT2D eigenvalue weighted by atomic mass is 19.4. The molecule has 1 fully saturated rings. The lowest BCUT2D eigenvalue weighted by Crippen LogP contribution is -2.13. The van der Waals surface area contributed by atoms with Crippen LogP contribution in [0.2, 0.25) is 0 Å². The Bertz CT molecular complexity index is 726. The molecule has 0 radical (unpaired) electrons. The normalized spacial score (nSPS) is 19.9. The number of alkyl halides is 3. The molecule has 0 bridgehead atoms. The summed E-state index contributed by atoms with van der Waals surface area (Å²) in [6, 6.07) is 16.4. The van der Waals surface area contributed by atoms with Crippen LogP contribution < -0.4 is 4.74 Å². The van der Waals surface area contributed by atoms with E-state index in [0.29, 0.717) is 11.7 Å². The van der Waals surface area contributed by atoms with Gasteiger partial charge in [0.1, 0.15) is 5.75 Å². The second-order valence-electron chi connectivity index (χ2n) is 8.22. The number of hydrogen-bond donors (Lipinski definition) is 0. The Morgan fingerprint density at radius 2 is 1.45 bits per heavy atom. The van der Waals surface area contributed by atoms with Crippen LogP contribution in [0.4, 0.5) is 13.2 Å². The van der Waals surface area contributed by atoms with Gasteiger partial charge in [-0.15, -0.1) is 0 Å². The molecule has 3 rings (SSSR count). The Labute approximate surface area is 172 Å². The molecule has 0 aliphatic heterocycles. The minimum absolute atomic E-state index is 0.0208. The van der Waals surface area contributed by atoms with E-state index >= 15 is 0 Å². The smallest absolute Gasteiger partial charge is 0.389 e. The van der Waals surface area contributed by atoms with Crippen LogP contribution in [0.3, 0.4) is 0 Å². The van der Waals surface area contributed by atoms with Crippen LogP contribution in [0, 0.1) is 5.92 Å². The van der Waals surface area contributed by atoms with Gasteiger partial charge >= 0.3 is 6.18 Å². The zero-order valence-electron chi connectivity index (χ0n) is 17.2. The molecule has 0 aromatic heterocycles. The van der Waals surface area contributed by atoms with Gasteiger partial charge in [0.25, 0.3) is 0 Å². The lowest BCUT2D eigenvalue weighted by atomic mass is 9.77. The summed E-state index contributed by atoms with van der Waals surface area (Å²) in [4.78, 5) is 0. The summed E-state index contributed by atoms with van der Waals surface area (Å²) in [5, 5.41) is 0. The highest BCUT2D eigenvalue weighted by Crippen LogP contribution is 2.38. The molecule has 0 spiro atoms. The Balaban J connectivity index is 1.51. The zero-order valence-corrected chi connectivity index (χ0v) is 17.2. The third kappa shape index (κ3) is 6.80. The van der Waals surface area contributed by atoms with Crippen LogP contribution in [0.15, 0.2) is 48.5 Å². The average molecular weight is 405 g/mol. The molecule has 29 heavy (non-hydrogen) atoms. The molecule has 1 nitrogen and oxygen atoms in total. The number of halogens is 3. The first kappa shape index (κ1) is 21.7. The maximum absolute atomic E-state index is 12.2. The molecule has 2 aromatic carbocycles. The Morgan fingerprint density at radius 3 is 2.00 bits per heavy atom. The Hall–Kier alpha value is -1.97. The van der Waals surface area contributed by atoms with Gasteiger partial charge in [0.2, 0.25) is 0 Å². The molecule has 0 heterocycles. The van der Waals surface area contributed by atoms with E-state index in [2.05, 4.69) is 31.2 Å². The highest BCUT2D eigenvalue weighted by molar-refractivity contribution is 5.64. The second kappa shape index (κ2) is 10.2. The summed E-state index contributed by atoms with van der Waals surface area (Å²) in [5.41, 5.74) is 3.68. The molecule has 1 aliphatic rings. The van der Waals surface area contributed by atoms with Gasteiger partial charge in [-0.25, -0.2) is 0 Å². The van der Waals surface area contributed by atoms with Crippen LogP contribution in [-0.4, -0.2) is 12.8 Å². The Morgan fingerprint density at radius 1 is 0.862 bits per heavy atom. The van der Waals surface area contributed by atoms with Gasteiger partial charge in [-0.05, 0) is 72.8 Å². The molecule has 0 amide bonds. The number of benzene rings is 2. The topological polar surface area (TPSA) is 9.23 Å². The van der Waals surface area contributed by atoms with Gasteiger partial charge in [-0.1, -0.05) is 56.2 Å². The van der Waals surface area contributed by atoms with Crippen LogP contribution in [0.25, 0.3) is 11.1 Å². The van der Waals surface area contributed by atoms with Crippen molar-refractivity contribution in [3.8, 4) is 16.9 Å². The maximum Gasteiger partial charge on any atom is 0.389 e. The molecule has 0 unspecified atom stereocenters. The molecule has 2 aromatic rings. The highest BCUT2D eigenvalue weighted by Gasteiger charge is 2.26. The van der Waals surface area contributed by atoms with Crippen molar-refractivity contribution in [1.29, 1.82) is 0 Å². The fraction of sp³-hybridized carbons (Fsp3) is 0.520. The minimum Gasteiger partial charge on any atom is -0.494 e. The predicted molar refractivity (Wildman–Crippen MR) is 112 cm³/mol. The maximum atomic E-state index is 12.2. The van der Waals surface area contributed by atoms with Gasteiger partial charge in [-0.2, -0.15) is 13.2 Å². The quantitative estimate of drug-likeness (QED) is 0.403. The first-order valence-corrected chi connectivity index (χ1v) is 10.8. The zero-order chi connectivity index (χ0) is 20.7. The molecule has 4 heteroatoms. The molecule has 0 saturated heterocycles. The van der Waals surface area contributed by atoms with Crippen LogP contribution in [0.1, 0.15) is 69.8 Å². The van der Waals surface area contributed by atoms with Crippen molar-refractivity contribution in [2.45, 2.75) is 70.4 Å². The third-order valence-corrected chi connectivity index (χ3v) is 5.99. The summed E-state index contributed by atoms with van der Waals surface area (Å²) >= 11 is 0. The van der Waals surface area contributed by atoms with E-state index in [1.54, 1.807) is 0 Å². The average Bonchev–Trinajstić information content (AvgIpc) is 2.72. The number of ether oxygens (including phenoxy) is 1. The lowest BCUT2D eigenvalue weighted by Gasteiger charge is -2.28. The standard InChI is InChI=1S/C25H31F3O/c1-2-4-19-5-7-20(8-6-19)21-9-11-22(12-10-21)23-13-15-24(16-14-23)29-18-3-17-25(26,27)28/h9-16,19-20H,2-8,17-18H2,1H3. The van der Waals surface area contributed by atoms with Crippen LogP contribution >= 0.6 is 0 Å². The molecule has 0 N–H and O–H groups in total. The molecule has 1 aliphatic carbocycles. The van der Waals surface area contributed by atoms with E-state index in [1.165, 1.54) is 44.1 Å². The fourth-order valence-electron chi connectivity index (χ4n) is 4.35. The summed E-state index contributed by atoms with van der Waals surface area (Å²) in [5.74, 6) is 2.21.